The van der Waals surface area contributed by atoms with Crippen LogP contribution in [-0.4, -0.2) is 72.6 Å². The molecule has 344 valence electrons. The monoisotopic (exact) mass is 1060 g/mol. The molecule has 0 saturated carbocycles. The van der Waals surface area contributed by atoms with E-state index >= 15 is 0 Å². The largest absolute Gasteiger partial charge is 0.310 e. The van der Waals surface area contributed by atoms with Crippen LogP contribution in [0.15, 0.2) is 212 Å². The Morgan fingerprint density at radius 1 is 0.508 bits per heavy atom. The molecule has 0 aromatic heterocycles. The minimum absolute atomic E-state index is 0.139. The number of aliphatic hydroxyl groups is 3. The first-order chi connectivity index (χ1) is 31.7. The van der Waals surface area contributed by atoms with E-state index in [9.17, 15) is 4.79 Å². The number of hydrogen-bond donors (Lipinski definition) is 4. The van der Waals surface area contributed by atoms with Crippen LogP contribution in [0.4, 0.5) is 0 Å². The maximum absolute atomic E-state index is 10.0. The van der Waals surface area contributed by atoms with Gasteiger partial charge >= 0.3 is 40.5 Å². The summed E-state index contributed by atoms with van der Waals surface area (Å²) in [6, 6.07) is 76.7. The zero-order valence-corrected chi connectivity index (χ0v) is 43.4. The minimum atomic E-state index is -0.995. The second kappa shape index (κ2) is 34.6. The maximum Gasteiger partial charge on any atom is 0.102 e. The van der Waals surface area contributed by atoms with Crippen LogP contribution in [0, 0.1) is 0 Å². The normalized spacial score (nSPS) is 11.3. The number of methoxy groups -OCH3 is 1. The molecule has 0 aliphatic heterocycles. The van der Waals surface area contributed by atoms with Crippen LogP contribution in [0.25, 0.3) is 0 Å². The van der Waals surface area contributed by atoms with Crippen molar-refractivity contribution in [2.24, 2.45) is 0 Å². The second-order valence-electron chi connectivity index (χ2n) is 14.4. The van der Waals surface area contributed by atoms with Crippen molar-refractivity contribution in [2.45, 2.75) is 26.1 Å². The zero-order valence-electron chi connectivity index (χ0n) is 37.2. The third-order valence-electron chi connectivity index (χ3n) is 9.59. The van der Waals surface area contributed by atoms with Gasteiger partial charge in [-0.2, -0.15) is 0 Å². The van der Waals surface area contributed by atoms with Crippen LogP contribution < -0.4 is 42.4 Å². The van der Waals surface area contributed by atoms with Gasteiger partial charge < -0.3 is 25.4 Å². The molecule has 0 aliphatic carbocycles. The van der Waals surface area contributed by atoms with Crippen LogP contribution >= 0.6 is 43.1 Å². The molecule has 0 heterocycles. The summed E-state index contributed by atoms with van der Waals surface area (Å²) in [5, 5.41) is 38.4. The Kier molecular flexibility index (Phi) is 29.7. The van der Waals surface area contributed by atoms with Crippen molar-refractivity contribution in [1.82, 2.24) is 5.32 Å². The summed E-state index contributed by atoms with van der Waals surface area (Å²) in [6.45, 7) is 4.87. The molecule has 7 rings (SSSR count). The smallest absolute Gasteiger partial charge is 0.102 e. The van der Waals surface area contributed by atoms with E-state index in [2.05, 4.69) is 222 Å². The third kappa shape index (κ3) is 22.1. The summed E-state index contributed by atoms with van der Waals surface area (Å²) in [5.74, 6) is -0.597. The molecule has 0 radical (unpaired) electrons. The van der Waals surface area contributed by atoms with Crippen LogP contribution in [0.2, 0.25) is 0 Å². The van der Waals surface area contributed by atoms with Gasteiger partial charge in [0.15, 0.2) is 0 Å². The summed E-state index contributed by atoms with van der Waals surface area (Å²) >= 11 is -0.346. The zero-order chi connectivity index (χ0) is 46.9. The second-order valence-corrected chi connectivity index (χ2v) is 24.8. The van der Waals surface area contributed by atoms with E-state index in [1.165, 1.54) is 70.4 Å². The first-order valence-electron chi connectivity index (χ1n) is 21.3. The molecule has 0 bridgehead atoms. The van der Waals surface area contributed by atoms with Crippen molar-refractivity contribution in [3.05, 3.63) is 212 Å². The Balaban J connectivity index is 0.000000278. The molecule has 0 saturated heterocycles. The van der Waals surface area contributed by atoms with Crippen molar-refractivity contribution in [1.29, 1.82) is 0 Å². The van der Waals surface area contributed by atoms with Crippen LogP contribution in [-0.2, 0) is 24.7 Å². The van der Waals surface area contributed by atoms with E-state index in [1.807, 2.05) is 0 Å². The molecular weight excluding hydrogens is 995 g/mol. The van der Waals surface area contributed by atoms with Gasteiger partial charge in [-0.05, 0) is 98.8 Å². The molecule has 2 unspecified atom stereocenters. The topological polar surface area (TPSA) is 99.0 Å². The third-order valence-corrected chi connectivity index (χ3v) is 17.9. The Labute approximate surface area is 406 Å². The summed E-state index contributed by atoms with van der Waals surface area (Å²) in [5.41, 5.74) is 0. The van der Waals surface area contributed by atoms with Crippen molar-refractivity contribution in [3.63, 3.8) is 0 Å². The Morgan fingerprint density at radius 3 is 0.892 bits per heavy atom. The number of carbonyl (C=O) groups is 1. The molecule has 7 aromatic rings. The maximum atomic E-state index is 10.0. The average molecular weight is 1060 g/mol. The SMILES string of the molecule is CC(O)CO.COC(=O)C(C)O.[Cl][Ru][Cl].c1ccc([PH+](CCNCC[PH+](c2ccccc2)c2ccccc2)c2ccccc2)cc1.c1ccc([PH+](c2ccccc2)c2ccccc2)cc1. The number of rotatable bonds is 15. The van der Waals surface area contributed by atoms with Crippen LogP contribution in [0.3, 0.4) is 0 Å². The van der Waals surface area contributed by atoms with Gasteiger partial charge in [-0.3, -0.25) is 0 Å². The Morgan fingerprint density at radius 2 is 0.723 bits per heavy atom. The Bertz CT molecular complexity index is 1950. The van der Waals surface area contributed by atoms with E-state index in [0.717, 1.165) is 13.1 Å². The van der Waals surface area contributed by atoms with Crippen LogP contribution in [0.5, 0.6) is 0 Å². The fourth-order valence-electron chi connectivity index (χ4n) is 6.50. The molecule has 4 N–H and O–H groups in total. The molecule has 0 fully saturated rings. The van der Waals surface area contributed by atoms with Gasteiger partial charge in [0.25, 0.3) is 0 Å². The van der Waals surface area contributed by atoms with Gasteiger partial charge in [0.2, 0.25) is 0 Å². The fraction of sp³-hybridized carbons (Fsp3) is 0.189. The van der Waals surface area contributed by atoms with E-state index in [-0.39, 0.29) is 21.8 Å². The molecular formula is C53H63Cl2NO5P3Ru+3. The summed E-state index contributed by atoms with van der Waals surface area (Å²) in [7, 11) is 8.55. The molecule has 0 spiro atoms. The number of hydrogen-bond acceptors (Lipinski definition) is 6. The van der Waals surface area contributed by atoms with E-state index in [0.29, 0.717) is 0 Å². The molecule has 0 aliphatic rings. The molecule has 2 atom stereocenters. The van der Waals surface area contributed by atoms with E-state index in [1.54, 1.807) is 0 Å². The van der Waals surface area contributed by atoms with Gasteiger partial charge in [-0.1, -0.05) is 127 Å². The molecule has 7 aromatic carbocycles. The number of ether oxygens (including phenoxy) is 1. The van der Waals surface area contributed by atoms with Gasteiger partial charge in [0.1, 0.15) is 22.0 Å². The van der Waals surface area contributed by atoms with E-state index < -0.39 is 41.9 Å². The van der Waals surface area contributed by atoms with Crippen LogP contribution in [0.1, 0.15) is 13.8 Å². The molecule has 0 amide bonds. The minimum Gasteiger partial charge on any atom is -0.310 e. The predicted molar refractivity (Wildman–Crippen MR) is 284 cm³/mol. The average Bonchev–Trinajstić information content (AvgIpc) is 3.36. The van der Waals surface area contributed by atoms with Crippen molar-refractivity contribution < 1.29 is 40.0 Å². The number of aliphatic hydroxyl groups excluding tert-OH is 3. The fourth-order valence-corrected chi connectivity index (χ4v) is 14.1. The predicted octanol–water partition coefficient (Wildman–Crippen LogP) is 7.76. The Hall–Kier alpha value is -3.66. The van der Waals surface area contributed by atoms with E-state index in [4.69, 9.17) is 34.7 Å². The molecule has 65 heavy (non-hydrogen) atoms. The quantitative estimate of drug-likeness (QED) is 0.0363. The summed E-state index contributed by atoms with van der Waals surface area (Å²) < 4.78 is 4.12. The number of halogens is 2. The number of esters is 1. The molecule has 12 heteroatoms. The number of nitrogens with one attached hydrogen (secondary N) is 1. The standard InChI is InChI=1S/C28H29NP2.C18H15P.C4H8O3.C3H8O2.2ClH.Ru/c1-5-13-25(14-6-1)30(26-15-7-2-8-16-26)23-21-29-22-24-31(27-17-9-3-10-18-27)28-19-11-4-12-20-28;1-4-10-16(11-5-1)19(17-12-6-2-7-13-17)18-14-8-3-9-15-18;1-3(5)4(6)7-2;1-3(5)2-4;;;/h1-20,29H,21-24H2;1-15H;3,5H,1-2H3;3-5H,2H2,1H3;2*1H;/q;;;;;;+2/p+1. The van der Waals surface area contributed by atoms with Crippen molar-refractivity contribution in [3.8, 4) is 0 Å². The number of benzene rings is 7. The first kappa shape index (κ1) is 55.7. The van der Waals surface area contributed by atoms with Gasteiger partial charge in [-0.25, -0.2) is 4.79 Å². The summed E-state index contributed by atoms with van der Waals surface area (Å²) in [6.07, 6.45) is 0.856. The van der Waals surface area contributed by atoms with Crippen molar-refractivity contribution in [2.75, 3.05) is 39.1 Å². The van der Waals surface area contributed by atoms with Gasteiger partial charge in [0, 0.05) is 13.1 Å². The number of carbonyl (C=O) groups excluding carboxylic acids is 1. The molecule has 6 nitrogen and oxygen atoms in total. The van der Waals surface area contributed by atoms with Gasteiger partial charge in [0.05, 0.1) is 77.1 Å². The first-order valence-corrected chi connectivity index (χ1v) is 30.7. The van der Waals surface area contributed by atoms with Gasteiger partial charge in [-0.15, -0.1) is 0 Å². The van der Waals surface area contributed by atoms with Crippen molar-refractivity contribution >= 4 is 86.2 Å². The summed E-state index contributed by atoms with van der Waals surface area (Å²) in [4.78, 5) is 10.0.